The maximum absolute atomic E-state index is 12.1. The third kappa shape index (κ3) is 3.76. The van der Waals surface area contributed by atoms with Crippen molar-refractivity contribution in [3.8, 4) is 0 Å². The van der Waals surface area contributed by atoms with Crippen molar-refractivity contribution in [1.82, 2.24) is 14.7 Å². The van der Waals surface area contributed by atoms with Crippen molar-refractivity contribution in [2.45, 2.75) is 31.2 Å². The van der Waals surface area contributed by atoms with Gasteiger partial charge in [-0.25, -0.2) is 18.1 Å². The summed E-state index contributed by atoms with van der Waals surface area (Å²) in [6.45, 7) is 4.24. The number of halogens is 1. The molecule has 2 aromatic rings. The summed E-state index contributed by atoms with van der Waals surface area (Å²) >= 11 is 7.27. The first-order chi connectivity index (χ1) is 9.38. The Morgan fingerprint density at radius 2 is 2.15 bits per heavy atom. The summed E-state index contributed by atoms with van der Waals surface area (Å²) in [5.41, 5.74) is 0.706. The lowest BCUT2D eigenvalue weighted by atomic mass is 10.2. The Bertz CT molecular complexity index is 698. The molecule has 0 saturated heterocycles. The van der Waals surface area contributed by atoms with E-state index in [0.717, 1.165) is 5.01 Å². The van der Waals surface area contributed by atoms with Crippen molar-refractivity contribution in [2.75, 3.05) is 0 Å². The topological polar surface area (TPSA) is 72.0 Å². The van der Waals surface area contributed by atoms with Crippen LogP contribution in [0.25, 0.3) is 0 Å². The van der Waals surface area contributed by atoms with E-state index in [9.17, 15) is 8.42 Å². The van der Waals surface area contributed by atoms with Gasteiger partial charge < -0.3 is 0 Å². The molecule has 0 aromatic carbocycles. The number of rotatable bonds is 5. The summed E-state index contributed by atoms with van der Waals surface area (Å²) in [5.74, 6) is 0.336. The Balaban J connectivity index is 2.09. The number of hydrogen-bond donors (Lipinski definition) is 1. The summed E-state index contributed by atoms with van der Waals surface area (Å²) in [6, 6.07) is 1.36. The van der Waals surface area contributed by atoms with Gasteiger partial charge >= 0.3 is 0 Å². The van der Waals surface area contributed by atoms with Crippen LogP contribution in [-0.2, 0) is 16.6 Å². The zero-order valence-electron chi connectivity index (χ0n) is 11.0. The largest absolute Gasteiger partial charge is 0.262 e. The van der Waals surface area contributed by atoms with Gasteiger partial charge in [0.05, 0.1) is 22.3 Å². The highest BCUT2D eigenvalue weighted by Gasteiger charge is 2.15. The van der Waals surface area contributed by atoms with E-state index in [2.05, 4.69) is 14.7 Å². The maximum Gasteiger partial charge on any atom is 0.242 e. The predicted molar refractivity (Wildman–Crippen MR) is 79.5 cm³/mol. The number of nitrogens with zero attached hydrogens (tertiary/aromatic N) is 2. The number of hydrogen-bond acceptors (Lipinski definition) is 5. The lowest BCUT2D eigenvalue weighted by molar-refractivity contribution is 0.580. The van der Waals surface area contributed by atoms with Crippen LogP contribution < -0.4 is 4.72 Å². The van der Waals surface area contributed by atoms with Gasteiger partial charge in [0.2, 0.25) is 10.0 Å². The van der Waals surface area contributed by atoms with Crippen LogP contribution in [0.4, 0.5) is 0 Å². The number of thiazole rings is 1. The summed E-state index contributed by atoms with van der Waals surface area (Å²) < 4.78 is 26.6. The predicted octanol–water partition coefficient (Wildman–Crippen LogP) is 2.79. The minimum absolute atomic E-state index is 0.0457. The van der Waals surface area contributed by atoms with Crippen LogP contribution in [-0.4, -0.2) is 18.4 Å². The molecule has 0 aliphatic carbocycles. The number of pyridine rings is 1. The molecule has 20 heavy (non-hydrogen) atoms. The lowest BCUT2D eigenvalue weighted by Crippen LogP contribution is -2.23. The van der Waals surface area contributed by atoms with E-state index >= 15 is 0 Å². The second kappa shape index (κ2) is 6.17. The van der Waals surface area contributed by atoms with E-state index in [1.807, 2.05) is 19.2 Å². The van der Waals surface area contributed by atoms with E-state index < -0.39 is 10.0 Å². The van der Waals surface area contributed by atoms with Crippen LogP contribution >= 0.6 is 22.9 Å². The molecule has 0 saturated carbocycles. The van der Waals surface area contributed by atoms with Crippen molar-refractivity contribution in [3.63, 3.8) is 0 Å². The van der Waals surface area contributed by atoms with Gasteiger partial charge in [-0.1, -0.05) is 25.4 Å². The molecular formula is C12H14ClN3O2S2. The van der Waals surface area contributed by atoms with Crippen LogP contribution in [0.5, 0.6) is 0 Å². The first kappa shape index (κ1) is 15.4. The molecule has 0 aliphatic heterocycles. The van der Waals surface area contributed by atoms with Crippen LogP contribution in [0.2, 0.25) is 5.02 Å². The van der Waals surface area contributed by atoms with E-state index in [1.165, 1.54) is 29.8 Å². The van der Waals surface area contributed by atoms with E-state index in [1.54, 1.807) is 0 Å². The average Bonchev–Trinajstić information content (AvgIpc) is 2.85. The summed E-state index contributed by atoms with van der Waals surface area (Å²) in [5, 5.41) is 3.13. The molecule has 0 aliphatic rings. The molecule has 108 valence electrons. The molecule has 2 heterocycles. The Morgan fingerprint density at radius 1 is 1.40 bits per heavy atom. The molecule has 0 fully saturated rings. The quantitative estimate of drug-likeness (QED) is 0.914. The van der Waals surface area contributed by atoms with Gasteiger partial charge in [-0.3, -0.25) is 4.98 Å². The smallest absolute Gasteiger partial charge is 0.242 e. The van der Waals surface area contributed by atoms with E-state index in [0.29, 0.717) is 11.6 Å². The fourth-order valence-corrected chi connectivity index (χ4v) is 3.52. The Morgan fingerprint density at radius 3 is 2.75 bits per heavy atom. The standard InChI is InChI=1S/C12H14ClN3O2S2/c1-8(2)12-16-10(7-19-12)5-15-20(17,18)11-3-9(13)4-14-6-11/h3-4,6-8,15H,5H2,1-2H3. The Labute approximate surface area is 127 Å². The van der Waals surface area contributed by atoms with Gasteiger partial charge in [0.15, 0.2) is 0 Å². The van der Waals surface area contributed by atoms with Crippen molar-refractivity contribution in [3.05, 3.63) is 39.6 Å². The maximum atomic E-state index is 12.1. The lowest BCUT2D eigenvalue weighted by Gasteiger charge is -2.05. The van der Waals surface area contributed by atoms with Crippen molar-refractivity contribution < 1.29 is 8.42 Å². The highest BCUT2D eigenvalue weighted by molar-refractivity contribution is 7.89. The molecule has 0 bridgehead atoms. The SMILES string of the molecule is CC(C)c1nc(CNS(=O)(=O)c2cncc(Cl)c2)cs1. The Kier molecular flexibility index (Phi) is 4.74. The number of nitrogens with one attached hydrogen (secondary N) is 1. The highest BCUT2D eigenvalue weighted by atomic mass is 35.5. The molecule has 0 unspecified atom stereocenters. The molecule has 2 rings (SSSR count). The highest BCUT2D eigenvalue weighted by Crippen LogP contribution is 2.19. The van der Waals surface area contributed by atoms with Gasteiger partial charge in [0, 0.05) is 23.7 Å². The number of sulfonamides is 1. The normalized spacial score (nSPS) is 12.0. The summed E-state index contributed by atoms with van der Waals surface area (Å²) in [4.78, 5) is 8.19. The third-order valence-electron chi connectivity index (χ3n) is 2.50. The van der Waals surface area contributed by atoms with Gasteiger partial charge in [0.25, 0.3) is 0 Å². The molecule has 0 amide bonds. The van der Waals surface area contributed by atoms with Crippen molar-refractivity contribution in [2.24, 2.45) is 0 Å². The molecular weight excluding hydrogens is 318 g/mol. The average molecular weight is 332 g/mol. The second-order valence-corrected chi connectivity index (χ2v) is 7.59. The van der Waals surface area contributed by atoms with Crippen LogP contribution in [0.15, 0.2) is 28.7 Å². The molecule has 1 N–H and O–H groups in total. The van der Waals surface area contributed by atoms with Crippen molar-refractivity contribution >= 4 is 33.0 Å². The first-order valence-electron chi connectivity index (χ1n) is 5.93. The van der Waals surface area contributed by atoms with Crippen LogP contribution in [0.3, 0.4) is 0 Å². The van der Waals surface area contributed by atoms with Gasteiger partial charge in [-0.2, -0.15) is 0 Å². The minimum Gasteiger partial charge on any atom is -0.262 e. The Hall–Kier alpha value is -1.02. The van der Waals surface area contributed by atoms with Gasteiger partial charge in [0.1, 0.15) is 4.90 Å². The fraction of sp³-hybridized carbons (Fsp3) is 0.333. The number of aromatic nitrogens is 2. The summed E-state index contributed by atoms with van der Waals surface area (Å²) in [7, 11) is -3.62. The monoisotopic (exact) mass is 331 g/mol. The molecule has 2 aromatic heterocycles. The van der Waals surface area contributed by atoms with E-state index in [4.69, 9.17) is 11.6 Å². The molecule has 0 atom stereocenters. The minimum atomic E-state index is -3.62. The molecule has 0 spiro atoms. The zero-order chi connectivity index (χ0) is 14.8. The fourth-order valence-electron chi connectivity index (χ4n) is 1.46. The summed E-state index contributed by atoms with van der Waals surface area (Å²) in [6.07, 6.45) is 2.64. The van der Waals surface area contributed by atoms with Crippen molar-refractivity contribution in [1.29, 1.82) is 0 Å². The van der Waals surface area contributed by atoms with Crippen LogP contribution in [0.1, 0.15) is 30.5 Å². The van der Waals surface area contributed by atoms with E-state index in [-0.39, 0.29) is 16.5 Å². The van der Waals surface area contributed by atoms with Gasteiger partial charge in [-0.15, -0.1) is 11.3 Å². The molecule has 0 radical (unpaired) electrons. The van der Waals surface area contributed by atoms with Crippen LogP contribution in [0, 0.1) is 0 Å². The molecule has 8 heteroatoms. The first-order valence-corrected chi connectivity index (χ1v) is 8.67. The molecule has 5 nitrogen and oxygen atoms in total. The third-order valence-corrected chi connectivity index (χ3v) is 5.27. The zero-order valence-corrected chi connectivity index (χ0v) is 13.4. The second-order valence-electron chi connectivity index (χ2n) is 4.50. The van der Waals surface area contributed by atoms with Gasteiger partial charge in [-0.05, 0) is 6.07 Å².